The maximum absolute atomic E-state index is 13.8. The standard InChI is InChI=1S/C16H28F2N2O/c1-12-16(21-2,15(7-8-15)14(17)18)6-3-11-20(12)13-4-9-19-10-5-13/h12-14,19H,3-11H2,1-2H3/i12D. The molecule has 1 saturated carbocycles. The smallest absolute Gasteiger partial charge is 0.247 e. The van der Waals surface area contributed by atoms with Crippen LogP contribution in [0.3, 0.4) is 0 Å². The Kier molecular flexibility index (Phi) is 3.92. The highest BCUT2D eigenvalue weighted by atomic mass is 19.3. The Balaban J connectivity index is 1.93. The first-order chi connectivity index (χ1) is 10.4. The molecule has 122 valence electrons. The maximum atomic E-state index is 13.8. The summed E-state index contributed by atoms with van der Waals surface area (Å²) >= 11 is 0. The van der Waals surface area contributed by atoms with Crippen molar-refractivity contribution < 1.29 is 14.9 Å². The van der Waals surface area contributed by atoms with Crippen LogP contribution in [0, 0.1) is 5.41 Å². The van der Waals surface area contributed by atoms with E-state index in [0.29, 0.717) is 25.3 Å². The summed E-state index contributed by atoms with van der Waals surface area (Å²) in [6, 6.07) is -0.804. The van der Waals surface area contributed by atoms with E-state index in [1.54, 1.807) is 6.92 Å². The predicted molar refractivity (Wildman–Crippen MR) is 78.7 cm³/mol. The minimum absolute atomic E-state index is 0.298. The van der Waals surface area contributed by atoms with Gasteiger partial charge >= 0.3 is 0 Å². The molecule has 2 atom stereocenters. The molecular formula is C16H28F2N2O. The van der Waals surface area contributed by atoms with Gasteiger partial charge in [-0.3, -0.25) is 4.90 Å². The van der Waals surface area contributed by atoms with Gasteiger partial charge in [-0.15, -0.1) is 0 Å². The monoisotopic (exact) mass is 303 g/mol. The number of alkyl halides is 2. The average molecular weight is 303 g/mol. The van der Waals surface area contributed by atoms with Gasteiger partial charge in [-0.05, 0) is 65.1 Å². The first-order valence-electron chi connectivity index (χ1n) is 8.72. The largest absolute Gasteiger partial charge is 0.376 e. The molecule has 3 rings (SSSR count). The normalized spacial score (nSPS) is 42.0. The number of ether oxygens (including phenoxy) is 1. The van der Waals surface area contributed by atoms with Crippen LogP contribution in [-0.2, 0) is 4.74 Å². The Hall–Kier alpha value is -0.260. The van der Waals surface area contributed by atoms with Gasteiger partial charge in [0.2, 0.25) is 6.43 Å². The van der Waals surface area contributed by atoms with E-state index < -0.39 is 23.5 Å². The van der Waals surface area contributed by atoms with E-state index >= 15 is 0 Å². The molecule has 0 aromatic carbocycles. The number of nitrogens with zero attached hydrogens (tertiary/aromatic N) is 1. The fourth-order valence-corrected chi connectivity index (χ4v) is 4.65. The molecule has 1 aliphatic carbocycles. The molecule has 0 spiro atoms. The third-order valence-corrected chi connectivity index (χ3v) is 6.05. The summed E-state index contributed by atoms with van der Waals surface area (Å²) in [6.45, 7) is 4.50. The number of halogens is 2. The Morgan fingerprint density at radius 2 is 1.95 bits per heavy atom. The van der Waals surface area contributed by atoms with Crippen LogP contribution in [-0.4, -0.2) is 55.7 Å². The van der Waals surface area contributed by atoms with E-state index in [-0.39, 0.29) is 0 Å². The van der Waals surface area contributed by atoms with E-state index in [0.717, 1.165) is 38.9 Å². The quantitative estimate of drug-likeness (QED) is 0.864. The van der Waals surface area contributed by atoms with Crippen LogP contribution < -0.4 is 5.32 Å². The van der Waals surface area contributed by atoms with Gasteiger partial charge < -0.3 is 10.1 Å². The molecule has 0 aromatic rings. The third-order valence-electron chi connectivity index (χ3n) is 6.05. The molecule has 0 amide bonds. The van der Waals surface area contributed by atoms with Gasteiger partial charge in [-0.1, -0.05) is 0 Å². The molecule has 2 heterocycles. The highest BCUT2D eigenvalue weighted by Crippen LogP contribution is 2.63. The lowest BCUT2D eigenvalue weighted by Crippen LogP contribution is -2.65. The van der Waals surface area contributed by atoms with E-state index in [9.17, 15) is 8.78 Å². The highest BCUT2D eigenvalue weighted by Gasteiger charge is 2.68. The minimum atomic E-state index is -2.41. The van der Waals surface area contributed by atoms with Crippen molar-refractivity contribution in [1.29, 1.82) is 0 Å². The summed E-state index contributed by atoms with van der Waals surface area (Å²) < 4.78 is 42.5. The summed E-state index contributed by atoms with van der Waals surface area (Å²) in [4.78, 5) is 2.16. The second-order valence-electron chi connectivity index (χ2n) is 6.85. The first kappa shape index (κ1) is 14.3. The van der Waals surface area contributed by atoms with Crippen molar-refractivity contribution in [3.63, 3.8) is 0 Å². The van der Waals surface area contributed by atoms with Gasteiger partial charge in [0.1, 0.15) is 0 Å². The molecular weight excluding hydrogens is 274 g/mol. The fourth-order valence-electron chi connectivity index (χ4n) is 4.65. The molecule has 0 aromatic heterocycles. The van der Waals surface area contributed by atoms with Gasteiger partial charge in [0, 0.05) is 20.5 Å². The summed E-state index contributed by atoms with van der Waals surface area (Å²) in [7, 11) is 1.53. The number of methoxy groups -OCH3 is 1. The minimum Gasteiger partial charge on any atom is -0.376 e. The average Bonchev–Trinajstić information content (AvgIpc) is 3.30. The lowest BCUT2D eigenvalue weighted by atomic mass is 9.72. The zero-order valence-corrected chi connectivity index (χ0v) is 13.1. The number of nitrogens with one attached hydrogen (secondary N) is 1. The Morgan fingerprint density at radius 3 is 2.48 bits per heavy atom. The second-order valence-corrected chi connectivity index (χ2v) is 6.85. The van der Waals surface area contributed by atoms with Crippen molar-refractivity contribution in [3.05, 3.63) is 0 Å². The second kappa shape index (κ2) is 5.74. The Bertz CT molecular complexity index is 411. The predicted octanol–water partition coefficient (Wildman–Crippen LogP) is 2.65. The van der Waals surface area contributed by atoms with Crippen molar-refractivity contribution in [2.24, 2.45) is 5.41 Å². The summed E-state index contributed by atoms with van der Waals surface area (Å²) in [5, 5.41) is 3.34. The van der Waals surface area contributed by atoms with Crippen molar-refractivity contribution in [2.75, 3.05) is 26.7 Å². The molecule has 0 radical (unpaired) electrons. The molecule has 2 saturated heterocycles. The van der Waals surface area contributed by atoms with Crippen molar-refractivity contribution in [3.8, 4) is 0 Å². The molecule has 21 heavy (non-hydrogen) atoms. The zero-order valence-electron chi connectivity index (χ0n) is 14.1. The van der Waals surface area contributed by atoms with E-state index in [1.807, 2.05) is 0 Å². The van der Waals surface area contributed by atoms with E-state index in [1.165, 1.54) is 7.11 Å². The summed E-state index contributed by atoms with van der Waals surface area (Å²) in [6.07, 6.45) is 1.91. The first-order valence-corrected chi connectivity index (χ1v) is 8.22. The number of piperidine rings is 2. The number of hydrogen-bond acceptors (Lipinski definition) is 3. The van der Waals surface area contributed by atoms with Crippen LogP contribution >= 0.6 is 0 Å². The number of hydrogen-bond donors (Lipinski definition) is 1. The topological polar surface area (TPSA) is 24.5 Å². The van der Waals surface area contributed by atoms with E-state index in [4.69, 9.17) is 6.11 Å². The van der Waals surface area contributed by atoms with Crippen molar-refractivity contribution in [2.45, 2.75) is 69.5 Å². The molecule has 3 nitrogen and oxygen atoms in total. The molecule has 1 N–H and O–H groups in total. The van der Waals surface area contributed by atoms with Gasteiger partial charge in [0.05, 0.1) is 11.0 Å². The molecule has 2 aliphatic heterocycles. The number of likely N-dealkylation sites (tertiary alicyclic amines) is 1. The van der Waals surface area contributed by atoms with E-state index in [2.05, 4.69) is 10.2 Å². The van der Waals surface area contributed by atoms with Crippen LogP contribution in [0.1, 0.15) is 46.8 Å². The lowest BCUT2D eigenvalue weighted by Gasteiger charge is -2.54. The van der Waals surface area contributed by atoms with Gasteiger partial charge in [0.25, 0.3) is 0 Å². The summed E-state index contributed by atoms with van der Waals surface area (Å²) in [5.74, 6) is 0. The SMILES string of the molecule is [2H]C1(C)N(C2CCNCC2)CCCC1(OC)C1(C(F)F)CC1. The van der Waals surface area contributed by atoms with Crippen LogP contribution in [0.5, 0.6) is 0 Å². The van der Waals surface area contributed by atoms with Crippen molar-refractivity contribution in [1.82, 2.24) is 10.2 Å². The number of rotatable bonds is 4. The van der Waals surface area contributed by atoms with Crippen molar-refractivity contribution >= 4 is 0 Å². The molecule has 0 bridgehead atoms. The Morgan fingerprint density at radius 1 is 1.29 bits per heavy atom. The van der Waals surface area contributed by atoms with Crippen LogP contribution in [0.25, 0.3) is 0 Å². The van der Waals surface area contributed by atoms with Gasteiger partial charge in [-0.25, -0.2) is 8.78 Å². The van der Waals surface area contributed by atoms with Crippen LogP contribution in [0.15, 0.2) is 0 Å². The highest BCUT2D eigenvalue weighted by molar-refractivity contribution is 5.16. The Labute approximate surface area is 127 Å². The van der Waals surface area contributed by atoms with Gasteiger partial charge in [0.15, 0.2) is 0 Å². The third kappa shape index (κ3) is 2.32. The molecule has 3 aliphatic rings. The molecule has 3 fully saturated rings. The maximum Gasteiger partial charge on any atom is 0.247 e. The van der Waals surface area contributed by atoms with Crippen LogP contribution in [0.2, 0.25) is 0 Å². The summed E-state index contributed by atoms with van der Waals surface area (Å²) in [5.41, 5.74) is -2.18. The fraction of sp³-hybridized carbons (Fsp3) is 1.00. The van der Waals surface area contributed by atoms with Gasteiger partial charge in [-0.2, -0.15) is 0 Å². The lowest BCUT2D eigenvalue weighted by molar-refractivity contribution is -0.188. The van der Waals surface area contributed by atoms with Crippen LogP contribution in [0.4, 0.5) is 8.78 Å². The molecule has 5 heteroatoms. The zero-order chi connectivity index (χ0) is 16.0. The molecule has 2 unspecified atom stereocenters.